The van der Waals surface area contributed by atoms with Crippen molar-refractivity contribution >= 4 is 0 Å². The molecule has 0 fully saturated rings. The molecule has 0 amide bonds. The zero-order valence-corrected chi connectivity index (χ0v) is 23.4. The van der Waals surface area contributed by atoms with Crippen LogP contribution in [0, 0.1) is 11.8 Å². The highest BCUT2D eigenvalue weighted by Gasteiger charge is 2.24. The maximum absolute atomic E-state index is 5.67. The number of hydrogen-bond donors (Lipinski definition) is 0. The van der Waals surface area contributed by atoms with E-state index in [1.807, 2.05) is 0 Å². The topological polar surface area (TPSA) is 36.9 Å². The van der Waals surface area contributed by atoms with Gasteiger partial charge >= 0.3 is 0 Å². The summed E-state index contributed by atoms with van der Waals surface area (Å²) < 4.78 is 22.7. The van der Waals surface area contributed by atoms with E-state index in [0.29, 0.717) is 11.8 Å². The lowest BCUT2D eigenvalue weighted by atomic mass is 9.89. The molecule has 0 aliphatic carbocycles. The minimum Gasteiger partial charge on any atom is -0.356 e. The Morgan fingerprint density at radius 1 is 0.364 bits per heavy atom. The molecule has 0 bridgehead atoms. The van der Waals surface area contributed by atoms with Crippen LogP contribution in [-0.4, -0.2) is 41.0 Å². The fourth-order valence-corrected chi connectivity index (χ4v) is 5.16. The number of hydrogen-bond acceptors (Lipinski definition) is 4. The standard InChI is InChI=1S/C29H60O4/c1-7-9-11-13-15-17-19-22-26(28(30-3)31-4)24-21-25-27(29(32-5)33-6)23-20-18-16-14-12-10-8-2/h26-29H,7-25H2,1-6H3. The third-order valence-electron chi connectivity index (χ3n) is 7.21. The van der Waals surface area contributed by atoms with E-state index in [-0.39, 0.29) is 12.6 Å². The van der Waals surface area contributed by atoms with Crippen molar-refractivity contribution in [3.05, 3.63) is 0 Å². The van der Waals surface area contributed by atoms with Gasteiger partial charge < -0.3 is 18.9 Å². The highest BCUT2D eigenvalue weighted by Crippen LogP contribution is 2.28. The molecule has 0 N–H and O–H groups in total. The monoisotopic (exact) mass is 472 g/mol. The Hall–Kier alpha value is -0.160. The largest absolute Gasteiger partial charge is 0.356 e. The van der Waals surface area contributed by atoms with Crippen LogP contribution in [0.15, 0.2) is 0 Å². The van der Waals surface area contributed by atoms with Crippen LogP contribution in [0.25, 0.3) is 0 Å². The molecule has 0 aromatic heterocycles. The molecule has 4 nitrogen and oxygen atoms in total. The number of unbranched alkanes of at least 4 members (excludes halogenated alkanes) is 12. The SMILES string of the molecule is CCCCCCCCCC(CCCC(CCCCCCCCC)C(OC)OC)C(OC)OC. The lowest BCUT2D eigenvalue weighted by molar-refractivity contribution is -0.146. The van der Waals surface area contributed by atoms with E-state index in [4.69, 9.17) is 18.9 Å². The number of ether oxygens (including phenoxy) is 4. The van der Waals surface area contributed by atoms with Crippen molar-refractivity contribution in [2.24, 2.45) is 11.8 Å². The van der Waals surface area contributed by atoms with E-state index in [2.05, 4.69) is 13.8 Å². The van der Waals surface area contributed by atoms with Crippen LogP contribution in [0.4, 0.5) is 0 Å². The van der Waals surface area contributed by atoms with Gasteiger partial charge in [-0.3, -0.25) is 0 Å². The lowest BCUT2D eigenvalue weighted by Crippen LogP contribution is -2.27. The molecular weight excluding hydrogens is 412 g/mol. The van der Waals surface area contributed by atoms with Crippen molar-refractivity contribution in [1.29, 1.82) is 0 Å². The predicted molar refractivity (Wildman–Crippen MR) is 142 cm³/mol. The first-order chi connectivity index (χ1) is 16.2. The van der Waals surface area contributed by atoms with E-state index >= 15 is 0 Å². The quantitative estimate of drug-likeness (QED) is 0.0930. The zero-order valence-electron chi connectivity index (χ0n) is 23.4. The maximum Gasteiger partial charge on any atom is 0.159 e. The highest BCUT2D eigenvalue weighted by atomic mass is 16.7. The molecule has 2 unspecified atom stereocenters. The van der Waals surface area contributed by atoms with Crippen molar-refractivity contribution in [2.45, 2.75) is 148 Å². The Balaban J connectivity index is 4.45. The van der Waals surface area contributed by atoms with E-state index in [9.17, 15) is 0 Å². The van der Waals surface area contributed by atoms with Gasteiger partial charge in [0.05, 0.1) is 0 Å². The van der Waals surface area contributed by atoms with Crippen molar-refractivity contribution in [3.63, 3.8) is 0 Å². The molecular formula is C29H60O4. The summed E-state index contributed by atoms with van der Waals surface area (Å²) in [5.74, 6) is 0.941. The summed E-state index contributed by atoms with van der Waals surface area (Å²) in [6, 6.07) is 0. The van der Waals surface area contributed by atoms with Crippen LogP contribution in [-0.2, 0) is 18.9 Å². The van der Waals surface area contributed by atoms with E-state index in [0.717, 1.165) is 12.8 Å². The van der Waals surface area contributed by atoms with Crippen LogP contribution in [0.2, 0.25) is 0 Å². The van der Waals surface area contributed by atoms with Gasteiger partial charge in [0.2, 0.25) is 0 Å². The molecule has 0 saturated carbocycles. The first kappa shape index (κ1) is 32.8. The second kappa shape index (κ2) is 24.9. The summed E-state index contributed by atoms with van der Waals surface area (Å²) in [6.07, 6.45) is 24.6. The van der Waals surface area contributed by atoms with Crippen LogP contribution in [0.1, 0.15) is 136 Å². The fourth-order valence-electron chi connectivity index (χ4n) is 5.16. The first-order valence-corrected chi connectivity index (χ1v) is 14.3. The van der Waals surface area contributed by atoms with Gasteiger partial charge in [0.1, 0.15) is 0 Å². The smallest absolute Gasteiger partial charge is 0.159 e. The van der Waals surface area contributed by atoms with Crippen LogP contribution >= 0.6 is 0 Å². The summed E-state index contributed by atoms with van der Waals surface area (Å²) in [5, 5.41) is 0. The first-order valence-electron chi connectivity index (χ1n) is 14.3. The van der Waals surface area contributed by atoms with Gasteiger partial charge in [-0.15, -0.1) is 0 Å². The minimum absolute atomic E-state index is 0.0905. The van der Waals surface area contributed by atoms with Gasteiger partial charge in [0, 0.05) is 40.3 Å². The predicted octanol–water partition coefficient (Wildman–Crippen LogP) is 8.91. The summed E-state index contributed by atoms with van der Waals surface area (Å²) in [5.41, 5.74) is 0. The van der Waals surface area contributed by atoms with Crippen molar-refractivity contribution in [3.8, 4) is 0 Å². The summed E-state index contributed by atoms with van der Waals surface area (Å²) in [4.78, 5) is 0. The summed E-state index contributed by atoms with van der Waals surface area (Å²) >= 11 is 0. The molecule has 0 aromatic rings. The fraction of sp³-hybridized carbons (Fsp3) is 1.00. The van der Waals surface area contributed by atoms with Gasteiger partial charge in [-0.25, -0.2) is 0 Å². The van der Waals surface area contributed by atoms with Gasteiger partial charge in [-0.1, -0.05) is 110 Å². The molecule has 0 rings (SSSR count). The highest BCUT2D eigenvalue weighted by molar-refractivity contribution is 4.69. The molecule has 0 spiro atoms. The normalized spacial score (nSPS) is 13.8. The lowest BCUT2D eigenvalue weighted by Gasteiger charge is -2.28. The molecule has 0 heterocycles. The van der Waals surface area contributed by atoms with E-state index in [1.54, 1.807) is 28.4 Å². The molecule has 0 aromatic carbocycles. The number of rotatable bonds is 26. The Kier molecular flexibility index (Phi) is 24.8. The van der Waals surface area contributed by atoms with Gasteiger partial charge in [0.15, 0.2) is 12.6 Å². The average molecular weight is 473 g/mol. The Morgan fingerprint density at radius 2 is 0.636 bits per heavy atom. The Labute approximate surface area is 207 Å². The Bertz CT molecular complexity index is 335. The van der Waals surface area contributed by atoms with E-state index in [1.165, 1.54) is 109 Å². The zero-order chi connectivity index (χ0) is 24.6. The summed E-state index contributed by atoms with van der Waals surface area (Å²) in [6.45, 7) is 4.56. The molecule has 0 aliphatic heterocycles. The second-order valence-electron chi connectivity index (χ2n) is 9.95. The molecule has 2 atom stereocenters. The molecule has 4 heteroatoms. The maximum atomic E-state index is 5.67. The molecule has 33 heavy (non-hydrogen) atoms. The second-order valence-corrected chi connectivity index (χ2v) is 9.95. The minimum atomic E-state index is -0.0905. The third kappa shape index (κ3) is 17.9. The van der Waals surface area contributed by atoms with Crippen molar-refractivity contribution < 1.29 is 18.9 Å². The van der Waals surface area contributed by atoms with Gasteiger partial charge in [-0.2, -0.15) is 0 Å². The van der Waals surface area contributed by atoms with Crippen molar-refractivity contribution in [1.82, 2.24) is 0 Å². The van der Waals surface area contributed by atoms with Crippen LogP contribution in [0.3, 0.4) is 0 Å². The third-order valence-corrected chi connectivity index (χ3v) is 7.21. The summed E-state index contributed by atoms with van der Waals surface area (Å²) in [7, 11) is 7.12. The van der Waals surface area contributed by atoms with Gasteiger partial charge in [0.25, 0.3) is 0 Å². The number of methoxy groups -OCH3 is 4. The van der Waals surface area contributed by atoms with Crippen molar-refractivity contribution in [2.75, 3.05) is 28.4 Å². The molecule has 0 radical (unpaired) electrons. The Morgan fingerprint density at radius 3 is 0.939 bits per heavy atom. The van der Waals surface area contributed by atoms with E-state index < -0.39 is 0 Å². The van der Waals surface area contributed by atoms with Gasteiger partial charge in [-0.05, 0) is 25.7 Å². The van der Waals surface area contributed by atoms with Crippen LogP contribution < -0.4 is 0 Å². The van der Waals surface area contributed by atoms with Crippen LogP contribution in [0.5, 0.6) is 0 Å². The molecule has 200 valence electrons. The molecule has 0 saturated heterocycles. The molecule has 0 aliphatic rings. The average Bonchev–Trinajstić information content (AvgIpc) is 2.83.